The monoisotopic (exact) mass is 435 g/mol. The Bertz CT molecular complexity index is 1300. The molecule has 0 saturated carbocycles. The second-order valence-corrected chi connectivity index (χ2v) is 6.72. The number of nitrogens with one attached hydrogen (secondary N) is 1. The third kappa shape index (κ3) is 3.99. The van der Waals surface area contributed by atoms with E-state index in [-0.39, 0.29) is 16.2 Å². The van der Waals surface area contributed by atoms with Gasteiger partial charge in [-0.2, -0.15) is 0 Å². The molecule has 0 bridgehead atoms. The lowest BCUT2D eigenvalue weighted by Gasteiger charge is -2.11. The quantitative estimate of drug-likeness (QED) is 0.397. The molecule has 3 aromatic carbocycles. The normalized spacial score (nSPS) is 11.6. The van der Waals surface area contributed by atoms with E-state index in [2.05, 4.69) is 9.72 Å². The van der Waals surface area contributed by atoms with Gasteiger partial charge in [0.2, 0.25) is 0 Å². The predicted molar refractivity (Wildman–Crippen MR) is 107 cm³/mol. The molecule has 4 rings (SSSR count). The second kappa shape index (κ2) is 7.46. The number of hydrogen-bond donors (Lipinski definition) is 1. The summed E-state index contributed by atoms with van der Waals surface area (Å²) in [4.78, 5) is 16.0. The van der Waals surface area contributed by atoms with Gasteiger partial charge in [-0.25, -0.2) is 0 Å². The number of halogens is 4. The van der Waals surface area contributed by atoms with E-state index in [1.54, 1.807) is 30.3 Å². The minimum Gasteiger partial charge on any atom is -0.497 e. The Morgan fingerprint density at radius 3 is 2.17 bits per heavy atom. The lowest BCUT2D eigenvalue weighted by molar-refractivity contribution is -0.274. The van der Waals surface area contributed by atoms with Gasteiger partial charge in [0.1, 0.15) is 23.0 Å². The van der Waals surface area contributed by atoms with E-state index in [4.69, 9.17) is 21.1 Å². The lowest BCUT2D eigenvalue weighted by atomic mass is 10.1. The SMILES string of the molecule is COc1cc(Cl)c2c(=O)c3ccc(Oc4ccc(OC(F)(F)F)cc4)cc3[nH]c2c1. The van der Waals surface area contributed by atoms with Crippen LogP contribution >= 0.6 is 11.6 Å². The number of aromatic nitrogens is 1. The summed E-state index contributed by atoms with van der Waals surface area (Å²) in [6.45, 7) is 0. The van der Waals surface area contributed by atoms with Crippen LogP contribution in [0.5, 0.6) is 23.0 Å². The van der Waals surface area contributed by atoms with E-state index < -0.39 is 6.36 Å². The first-order valence-electron chi connectivity index (χ1n) is 8.60. The molecule has 30 heavy (non-hydrogen) atoms. The molecule has 1 heterocycles. The van der Waals surface area contributed by atoms with Gasteiger partial charge in [-0.15, -0.1) is 13.2 Å². The second-order valence-electron chi connectivity index (χ2n) is 6.31. The van der Waals surface area contributed by atoms with Gasteiger partial charge in [-0.05, 0) is 42.5 Å². The topological polar surface area (TPSA) is 60.6 Å². The van der Waals surface area contributed by atoms with Gasteiger partial charge < -0.3 is 19.2 Å². The molecule has 0 spiro atoms. The van der Waals surface area contributed by atoms with E-state index in [1.807, 2.05) is 0 Å². The molecule has 1 aromatic heterocycles. The number of aromatic amines is 1. The van der Waals surface area contributed by atoms with Crippen molar-refractivity contribution in [3.05, 3.63) is 69.8 Å². The summed E-state index contributed by atoms with van der Waals surface area (Å²) in [5.41, 5.74) is 0.764. The fourth-order valence-corrected chi connectivity index (χ4v) is 3.34. The highest BCUT2D eigenvalue weighted by Crippen LogP contribution is 2.31. The van der Waals surface area contributed by atoms with Crippen molar-refractivity contribution >= 4 is 33.4 Å². The van der Waals surface area contributed by atoms with Crippen LogP contribution in [0.25, 0.3) is 21.8 Å². The molecule has 0 saturated heterocycles. The number of H-pyrrole nitrogens is 1. The van der Waals surface area contributed by atoms with Crippen molar-refractivity contribution in [2.75, 3.05) is 7.11 Å². The van der Waals surface area contributed by atoms with Crippen molar-refractivity contribution in [1.82, 2.24) is 4.98 Å². The molecule has 0 aliphatic carbocycles. The maximum atomic E-state index is 12.8. The highest BCUT2D eigenvalue weighted by atomic mass is 35.5. The van der Waals surface area contributed by atoms with Crippen LogP contribution in [0.15, 0.2) is 59.4 Å². The van der Waals surface area contributed by atoms with Crippen LogP contribution in [0, 0.1) is 0 Å². The van der Waals surface area contributed by atoms with E-state index in [1.165, 1.54) is 19.2 Å². The van der Waals surface area contributed by atoms with Gasteiger partial charge in [-0.3, -0.25) is 4.79 Å². The van der Waals surface area contributed by atoms with Gasteiger partial charge >= 0.3 is 6.36 Å². The molecule has 5 nitrogen and oxygen atoms in total. The van der Waals surface area contributed by atoms with Crippen LogP contribution in [0.2, 0.25) is 5.02 Å². The Morgan fingerprint density at radius 1 is 0.867 bits per heavy atom. The summed E-state index contributed by atoms with van der Waals surface area (Å²) in [6, 6.07) is 13.0. The van der Waals surface area contributed by atoms with Crippen LogP contribution in [-0.4, -0.2) is 18.5 Å². The summed E-state index contributed by atoms with van der Waals surface area (Å²) in [6.07, 6.45) is -4.76. The molecule has 0 unspecified atom stereocenters. The average molecular weight is 436 g/mol. The van der Waals surface area contributed by atoms with E-state index >= 15 is 0 Å². The predicted octanol–water partition coefficient (Wildman–Crippen LogP) is 6.03. The van der Waals surface area contributed by atoms with Crippen molar-refractivity contribution in [2.24, 2.45) is 0 Å². The largest absolute Gasteiger partial charge is 0.573 e. The van der Waals surface area contributed by atoms with E-state index in [0.29, 0.717) is 39.1 Å². The zero-order valence-electron chi connectivity index (χ0n) is 15.3. The molecular weight excluding hydrogens is 423 g/mol. The third-order valence-electron chi connectivity index (χ3n) is 4.32. The van der Waals surface area contributed by atoms with Crippen LogP contribution in [0.4, 0.5) is 13.2 Å². The number of ether oxygens (including phenoxy) is 3. The minimum absolute atomic E-state index is 0.244. The molecule has 1 N–H and O–H groups in total. The Labute approximate surface area is 172 Å². The fraction of sp³-hybridized carbons (Fsp3) is 0.0952. The molecule has 9 heteroatoms. The number of rotatable bonds is 4. The van der Waals surface area contributed by atoms with Crippen LogP contribution in [0.1, 0.15) is 0 Å². The summed E-state index contributed by atoms with van der Waals surface area (Å²) < 4.78 is 51.5. The Balaban J connectivity index is 1.69. The van der Waals surface area contributed by atoms with Gasteiger partial charge in [0.05, 0.1) is 28.6 Å². The van der Waals surface area contributed by atoms with Crippen molar-refractivity contribution in [2.45, 2.75) is 6.36 Å². The number of hydrogen-bond acceptors (Lipinski definition) is 4. The minimum atomic E-state index is -4.76. The average Bonchev–Trinajstić information content (AvgIpc) is 2.68. The first-order chi connectivity index (χ1) is 14.2. The number of methoxy groups -OCH3 is 1. The third-order valence-corrected chi connectivity index (χ3v) is 4.62. The van der Waals surface area contributed by atoms with E-state index in [0.717, 1.165) is 12.1 Å². The zero-order chi connectivity index (χ0) is 21.5. The number of benzene rings is 3. The standard InChI is InChI=1S/C21H13ClF3NO4/c1-28-14-8-16(22)19-18(10-14)26-17-9-13(6-7-15(17)20(19)27)29-11-2-4-12(5-3-11)30-21(23,24)25/h2-10H,1H3,(H,26,27). The van der Waals surface area contributed by atoms with Gasteiger partial charge in [0.25, 0.3) is 0 Å². The van der Waals surface area contributed by atoms with Crippen LogP contribution in [0.3, 0.4) is 0 Å². The van der Waals surface area contributed by atoms with E-state index in [9.17, 15) is 18.0 Å². The Hall–Kier alpha value is -3.39. The van der Waals surface area contributed by atoms with Crippen LogP contribution in [-0.2, 0) is 0 Å². The highest BCUT2D eigenvalue weighted by molar-refractivity contribution is 6.35. The Morgan fingerprint density at radius 2 is 1.50 bits per heavy atom. The number of fused-ring (bicyclic) bond motifs is 2. The molecule has 0 aliphatic rings. The van der Waals surface area contributed by atoms with Crippen molar-refractivity contribution in [3.63, 3.8) is 0 Å². The smallest absolute Gasteiger partial charge is 0.497 e. The molecule has 4 aromatic rings. The summed E-state index contributed by atoms with van der Waals surface area (Å²) in [5.74, 6) is 0.832. The first kappa shape index (κ1) is 19.9. The van der Waals surface area contributed by atoms with Crippen molar-refractivity contribution in [1.29, 1.82) is 0 Å². The lowest BCUT2D eigenvalue weighted by Crippen LogP contribution is -2.16. The Kier molecular flexibility index (Phi) is 4.95. The molecule has 154 valence electrons. The maximum Gasteiger partial charge on any atom is 0.573 e. The summed E-state index contributed by atoms with van der Waals surface area (Å²) in [5, 5.41) is 1.03. The van der Waals surface area contributed by atoms with Gasteiger partial charge in [0.15, 0.2) is 5.43 Å². The van der Waals surface area contributed by atoms with Crippen molar-refractivity contribution in [3.8, 4) is 23.0 Å². The van der Waals surface area contributed by atoms with Crippen molar-refractivity contribution < 1.29 is 27.4 Å². The molecule has 0 amide bonds. The molecule has 0 radical (unpaired) electrons. The molecule has 0 aliphatic heterocycles. The van der Waals surface area contributed by atoms with Gasteiger partial charge in [0, 0.05) is 17.5 Å². The summed E-state index contributed by atoms with van der Waals surface area (Å²) >= 11 is 6.23. The molecule has 0 atom stereocenters. The summed E-state index contributed by atoms with van der Waals surface area (Å²) in [7, 11) is 1.49. The van der Waals surface area contributed by atoms with Gasteiger partial charge in [-0.1, -0.05) is 11.6 Å². The zero-order valence-corrected chi connectivity index (χ0v) is 16.1. The number of pyridine rings is 1. The first-order valence-corrected chi connectivity index (χ1v) is 8.98. The molecule has 0 fully saturated rings. The van der Waals surface area contributed by atoms with Crippen LogP contribution < -0.4 is 19.6 Å². The highest BCUT2D eigenvalue weighted by Gasteiger charge is 2.31. The molecular formula is C21H13ClF3NO4. The fourth-order valence-electron chi connectivity index (χ4n) is 3.04. The maximum absolute atomic E-state index is 12.8. The number of alkyl halides is 3.